The highest BCUT2D eigenvalue weighted by atomic mass is 35.5. The van der Waals surface area contributed by atoms with Crippen molar-refractivity contribution in [1.82, 2.24) is 4.98 Å². The summed E-state index contributed by atoms with van der Waals surface area (Å²) in [7, 11) is 0. The molecule has 0 saturated heterocycles. The molecule has 0 saturated carbocycles. The monoisotopic (exact) mass is 316 g/mol. The second kappa shape index (κ2) is 5.61. The number of anilines is 2. The maximum absolute atomic E-state index is 12.5. The van der Waals surface area contributed by atoms with Gasteiger partial charge >= 0.3 is 12.1 Å². The summed E-state index contributed by atoms with van der Waals surface area (Å²) < 4.78 is 37.6. The highest BCUT2D eigenvalue weighted by Gasteiger charge is 2.30. The molecule has 4 nitrogen and oxygen atoms in total. The van der Waals surface area contributed by atoms with Crippen LogP contribution in [-0.2, 0) is 6.18 Å². The Kier molecular flexibility index (Phi) is 4.04. The molecule has 2 rings (SSSR count). The number of pyridine rings is 1. The molecule has 110 valence electrons. The Morgan fingerprint density at radius 1 is 1.24 bits per heavy atom. The van der Waals surface area contributed by atoms with Crippen LogP contribution < -0.4 is 5.32 Å². The summed E-state index contributed by atoms with van der Waals surface area (Å²) in [5.41, 5.74) is -0.671. The van der Waals surface area contributed by atoms with Crippen LogP contribution in [0.2, 0.25) is 5.02 Å². The van der Waals surface area contributed by atoms with E-state index in [0.717, 1.165) is 18.2 Å². The van der Waals surface area contributed by atoms with Gasteiger partial charge in [0.05, 0.1) is 33.7 Å². The van der Waals surface area contributed by atoms with Crippen molar-refractivity contribution < 1.29 is 23.1 Å². The summed E-state index contributed by atoms with van der Waals surface area (Å²) in [6, 6.07) is 4.01. The van der Waals surface area contributed by atoms with Crippen LogP contribution in [0.1, 0.15) is 15.9 Å². The molecule has 0 unspecified atom stereocenters. The van der Waals surface area contributed by atoms with Crippen LogP contribution in [0, 0.1) is 0 Å². The Balaban J connectivity index is 2.35. The SMILES string of the molecule is O=C(O)c1ccncc1Nc1ccc(C(F)(F)F)cc1Cl. The average Bonchev–Trinajstić information content (AvgIpc) is 2.40. The second-order valence-electron chi connectivity index (χ2n) is 4.04. The van der Waals surface area contributed by atoms with E-state index in [1.165, 1.54) is 18.5 Å². The lowest BCUT2D eigenvalue weighted by Crippen LogP contribution is -2.06. The number of alkyl halides is 3. The third kappa shape index (κ3) is 3.43. The number of carbonyl (C=O) groups is 1. The fraction of sp³-hybridized carbons (Fsp3) is 0.0769. The van der Waals surface area contributed by atoms with Gasteiger partial charge in [0, 0.05) is 6.20 Å². The van der Waals surface area contributed by atoms with E-state index in [2.05, 4.69) is 10.3 Å². The van der Waals surface area contributed by atoms with Crippen LogP contribution in [0.15, 0.2) is 36.7 Å². The lowest BCUT2D eigenvalue weighted by atomic mass is 10.1. The van der Waals surface area contributed by atoms with Crippen LogP contribution >= 0.6 is 11.6 Å². The van der Waals surface area contributed by atoms with Gasteiger partial charge in [-0.3, -0.25) is 4.98 Å². The minimum Gasteiger partial charge on any atom is -0.478 e. The molecule has 0 radical (unpaired) electrons. The number of carboxylic acid groups (broad SMARTS) is 1. The zero-order valence-electron chi connectivity index (χ0n) is 10.3. The van der Waals surface area contributed by atoms with Crippen LogP contribution in [-0.4, -0.2) is 16.1 Å². The summed E-state index contributed by atoms with van der Waals surface area (Å²) in [6.07, 6.45) is -1.96. The number of rotatable bonds is 3. The number of nitrogens with one attached hydrogen (secondary N) is 1. The first-order valence-corrected chi connectivity index (χ1v) is 5.98. The first-order chi connectivity index (χ1) is 9.79. The van der Waals surface area contributed by atoms with Crippen molar-refractivity contribution in [3.63, 3.8) is 0 Å². The Labute approximate surface area is 122 Å². The molecule has 0 aliphatic carbocycles. The number of hydrogen-bond donors (Lipinski definition) is 2. The maximum Gasteiger partial charge on any atom is 0.416 e. The molecule has 0 bridgehead atoms. The Morgan fingerprint density at radius 3 is 2.52 bits per heavy atom. The predicted octanol–water partition coefficient (Wildman–Crippen LogP) is 4.20. The largest absolute Gasteiger partial charge is 0.478 e. The number of nitrogens with zero attached hydrogens (tertiary/aromatic N) is 1. The van der Waals surface area contributed by atoms with Crippen LogP contribution in [0.25, 0.3) is 0 Å². The molecule has 0 fully saturated rings. The topological polar surface area (TPSA) is 62.2 Å². The van der Waals surface area contributed by atoms with Crippen LogP contribution in [0.4, 0.5) is 24.5 Å². The molecule has 2 N–H and O–H groups in total. The molecule has 1 heterocycles. The minimum absolute atomic E-state index is 0.0686. The zero-order valence-corrected chi connectivity index (χ0v) is 11.0. The fourth-order valence-corrected chi connectivity index (χ4v) is 1.85. The summed E-state index contributed by atoms with van der Waals surface area (Å²) in [4.78, 5) is 14.8. The predicted molar refractivity (Wildman–Crippen MR) is 70.9 cm³/mol. The van der Waals surface area contributed by atoms with Gasteiger partial charge in [-0.2, -0.15) is 13.2 Å². The third-order valence-electron chi connectivity index (χ3n) is 2.62. The van der Waals surface area contributed by atoms with Gasteiger partial charge in [0.25, 0.3) is 0 Å². The van der Waals surface area contributed by atoms with Gasteiger partial charge in [0.1, 0.15) is 0 Å². The van der Waals surface area contributed by atoms with E-state index in [1.807, 2.05) is 0 Å². The lowest BCUT2D eigenvalue weighted by Gasteiger charge is -2.12. The van der Waals surface area contributed by atoms with Gasteiger partial charge in [0.2, 0.25) is 0 Å². The molecule has 1 aromatic heterocycles. The number of benzene rings is 1. The summed E-state index contributed by atoms with van der Waals surface area (Å²) >= 11 is 5.79. The van der Waals surface area contributed by atoms with Crippen molar-refractivity contribution in [2.24, 2.45) is 0 Å². The molecule has 1 aromatic carbocycles. The summed E-state index contributed by atoms with van der Waals surface area (Å²) in [5.74, 6) is -1.19. The molecular formula is C13H8ClF3N2O2. The standard InChI is InChI=1S/C13H8ClF3N2O2/c14-9-5-7(13(15,16)17)1-2-10(9)19-11-6-18-4-3-8(11)12(20)21/h1-6,19H,(H,20,21). The Morgan fingerprint density at radius 2 is 1.95 bits per heavy atom. The van der Waals surface area contributed by atoms with Crippen LogP contribution in [0.5, 0.6) is 0 Å². The number of carboxylic acids is 1. The molecule has 0 aliphatic rings. The molecular weight excluding hydrogens is 309 g/mol. The van der Waals surface area contributed by atoms with Crippen molar-refractivity contribution in [2.45, 2.75) is 6.18 Å². The van der Waals surface area contributed by atoms with Crippen LogP contribution in [0.3, 0.4) is 0 Å². The fourth-order valence-electron chi connectivity index (χ4n) is 1.62. The zero-order chi connectivity index (χ0) is 15.6. The smallest absolute Gasteiger partial charge is 0.416 e. The van der Waals surface area contributed by atoms with Gasteiger partial charge < -0.3 is 10.4 Å². The Hall–Kier alpha value is -2.28. The first-order valence-electron chi connectivity index (χ1n) is 5.60. The average molecular weight is 317 g/mol. The van der Waals surface area contributed by atoms with Crippen molar-refractivity contribution >= 4 is 28.9 Å². The number of halogens is 4. The highest BCUT2D eigenvalue weighted by molar-refractivity contribution is 6.33. The van der Waals surface area contributed by atoms with E-state index >= 15 is 0 Å². The molecule has 21 heavy (non-hydrogen) atoms. The van der Waals surface area contributed by atoms with E-state index in [1.54, 1.807) is 0 Å². The molecule has 0 atom stereocenters. The van der Waals surface area contributed by atoms with E-state index in [0.29, 0.717) is 0 Å². The van der Waals surface area contributed by atoms with Gasteiger partial charge in [-0.05, 0) is 24.3 Å². The number of aromatic nitrogens is 1. The quantitative estimate of drug-likeness (QED) is 0.891. The summed E-state index contributed by atoms with van der Waals surface area (Å²) in [5, 5.41) is 11.5. The lowest BCUT2D eigenvalue weighted by molar-refractivity contribution is -0.137. The third-order valence-corrected chi connectivity index (χ3v) is 2.93. The van der Waals surface area contributed by atoms with E-state index in [9.17, 15) is 18.0 Å². The molecule has 0 aliphatic heterocycles. The maximum atomic E-state index is 12.5. The molecule has 8 heteroatoms. The van der Waals surface area contributed by atoms with Crippen molar-refractivity contribution in [2.75, 3.05) is 5.32 Å². The Bertz CT molecular complexity index is 689. The summed E-state index contributed by atoms with van der Waals surface area (Å²) in [6.45, 7) is 0. The first kappa shape index (κ1) is 15.1. The number of hydrogen-bond acceptors (Lipinski definition) is 3. The van der Waals surface area contributed by atoms with Gasteiger partial charge in [-0.25, -0.2) is 4.79 Å². The van der Waals surface area contributed by atoms with Crippen molar-refractivity contribution in [1.29, 1.82) is 0 Å². The van der Waals surface area contributed by atoms with E-state index in [4.69, 9.17) is 16.7 Å². The van der Waals surface area contributed by atoms with Crippen molar-refractivity contribution in [3.05, 3.63) is 52.8 Å². The minimum atomic E-state index is -4.50. The molecule has 2 aromatic rings. The molecule has 0 amide bonds. The van der Waals surface area contributed by atoms with E-state index in [-0.39, 0.29) is 22.0 Å². The number of aromatic carboxylic acids is 1. The van der Waals surface area contributed by atoms with Crippen molar-refractivity contribution in [3.8, 4) is 0 Å². The van der Waals surface area contributed by atoms with Gasteiger partial charge in [0.15, 0.2) is 0 Å². The van der Waals surface area contributed by atoms with E-state index < -0.39 is 17.7 Å². The van der Waals surface area contributed by atoms with Gasteiger partial charge in [-0.15, -0.1) is 0 Å². The van der Waals surface area contributed by atoms with Gasteiger partial charge in [-0.1, -0.05) is 11.6 Å². The normalized spacial score (nSPS) is 11.2. The molecule has 0 spiro atoms. The highest BCUT2D eigenvalue weighted by Crippen LogP contribution is 2.35. The second-order valence-corrected chi connectivity index (χ2v) is 4.45.